The molecule has 0 saturated carbocycles. The summed E-state index contributed by atoms with van der Waals surface area (Å²) in [7, 11) is 0. The number of hydrogen-bond donors (Lipinski definition) is 1. The van der Waals surface area contributed by atoms with E-state index in [1.54, 1.807) is 0 Å². The molecule has 0 bridgehead atoms. The molecule has 0 saturated heterocycles. The fraction of sp³-hybridized carbons (Fsp3) is 0.300. The smallest absolute Gasteiger partial charge is 0.235 e. The van der Waals surface area contributed by atoms with E-state index in [9.17, 15) is 0 Å². The number of nitrogens with one attached hydrogen (secondary N) is 1. The molecule has 1 aromatic heterocycles. The van der Waals surface area contributed by atoms with Gasteiger partial charge in [0.15, 0.2) is 0 Å². The maximum atomic E-state index is 5.71. The maximum Gasteiger partial charge on any atom is 0.235 e. The summed E-state index contributed by atoms with van der Waals surface area (Å²) in [5.41, 5.74) is 3.44. The van der Waals surface area contributed by atoms with Crippen molar-refractivity contribution in [2.24, 2.45) is 0 Å². The van der Waals surface area contributed by atoms with Gasteiger partial charge in [-0.1, -0.05) is 30.3 Å². The van der Waals surface area contributed by atoms with Crippen molar-refractivity contribution in [3.05, 3.63) is 71.9 Å². The van der Waals surface area contributed by atoms with E-state index in [0.717, 1.165) is 24.3 Å². The first-order valence-corrected chi connectivity index (χ1v) is 8.72. The molecule has 0 aliphatic heterocycles. The molecule has 3 rings (SSSR count). The predicted octanol–water partition coefficient (Wildman–Crippen LogP) is 4.12. The maximum absolute atomic E-state index is 5.71. The minimum atomic E-state index is 0.520. The molecular formula is C20H24N4O. The van der Waals surface area contributed by atoms with Gasteiger partial charge >= 0.3 is 0 Å². The summed E-state index contributed by atoms with van der Waals surface area (Å²) in [5.74, 6) is 1.23. The lowest BCUT2D eigenvalue weighted by molar-refractivity contribution is 0.464. The lowest BCUT2D eigenvalue weighted by Gasteiger charge is -2.21. The number of anilines is 2. The van der Waals surface area contributed by atoms with E-state index >= 15 is 0 Å². The Morgan fingerprint density at radius 2 is 1.56 bits per heavy atom. The van der Waals surface area contributed by atoms with Crippen LogP contribution in [0.4, 0.5) is 11.4 Å². The fourth-order valence-corrected chi connectivity index (χ4v) is 2.76. The number of rotatable bonds is 8. The Morgan fingerprint density at radius 1 is 0.880 bits per heavy atom. The van der Waals surface area contributed by atoms with Gasteiger partial charge in [-0.2, -0.15) is 0 Å². The first kappa shape index (κ1) is 17.0. The van der Waals surface area contributed by atoms with E-state index in [4.69, 9.17) is 4.42 Å². The molecule has 130 valence electrons. The van der Waals surface area contributed by atoms with Crippen LogP contribution in [0, 0.1) is 0 Å². The highest BCUT2D eigenvalue weighted by molar-refractivity contribution is 5.55. The van der Waals surface area contributed by atoms with Crippen LogP contribution in [0.1, 0.15) is 31.2 Å². The molecule has 25 heavy (non-hydrogen) atoms. The largest absolute Gasteiger partial charge is 0.423 e. The summed E-state index contributed by atoms with van der Waals surface area (Å²) >= 11 is 0. The van der Waals surface area contributed by atoms with Crippen molar-refractivity contribution < 1.29 is 4.42 Å². The van der Waals surface area contributed by atoms with E-state index in [1.807, 2.05) is 18.2 Å². The van der Waals surface area contributed by atoms with Crippen LogP contribution in [-0.4, -0.2) is 23.3 Å². The van der Waals surface area contributed by atoms with Gasteiger partial charge in [0.2, 0.25) is 11.8 Å². The molecule has 0 aliphatic carbocycles. The average Bonchev–Trinajstić information content (AvgIpc) is 3.10. The topological polar surface area (TPSA) is 54.2 Å². The van der Waals surface area contributed by atoms with E-state index in [-0.39, 0.29) is 0 Å². The lowest BCUT2D eigenvalue weighted by Crippen LogP contribution is -2.21. The van der Waals surface area contributed by atoms with Gasteiger partial charge in [-0.25, -0.2) is 0 Å². The first-order chi connectivity index (χ1) is 12.3. The highest BCUT2D eigenvalue weighted by atomic mass is 16.4. The van der Waals surface area contributed by atoms with Gasteiger partial charge in [0.1, 0.15) is 0 Å². The van der Waals surface area contributed by atoms with Crippen LogP contribution in [0.25, 0.3) is 0 Å². The van der Waals surface area contributed by atoms with Gasteiger partial charge in [-0.15, -0.1) is 10.2 Å². The number of aromatic nitrogens is 2. The monoisotopic (exact) mass is 336 g/mol. The second-order valence-corrected chi connectivity index (χ2v) is 5.82. The van der Waals surface area contributed by atoms with Crippen molar-refractivity contribution in [1.82, 2.24) is 10.2 Å². The number of hydrogen-bond acceptors (Lipinski definition) is 5. The Labute approximate surface area is 148 Å². The quantitative estimate of drug-likeness (QED) is 0.670. The normalized spacial score (nSPS) is 10.6. The summed E-state index contributed by atoms with van der Waals surface area (Å²) in [6, 6.07) is 18.5. The summed E-state index contributed by atoms with van der Waals surface area (Å²) in [6.45, 7) is 6.87. The second-order valence-electron chi connectivity index (χ2n) is 5.82. The molecule has 0 amide bonds. The van der Waals surface area contributed by atoms with Gasteiger partial charge in [-0.05, 0) is 43.7 Å². The Bertz CT molecular complexity index is 764. The summed E-state index contributed by atoms with van der Waals surface area (Å²) in [6.07, 6.45) is 0.659. The van der Waals surface area contributed by atoms with Crippen LogP contribution in [0.3, 0.4) is 0 Å². The van der Waals surface area contributed by atoms with Crippen molar-refractivity contribution in [1.29, 1.82) is 0 Å². The van der Waals surface area contributed by atoms with E-state index < -0.39 is 0 Å². The molecule has 5 heteroatoms. The highest BCUT2D eigenvalue weighted by Gasteiger charge is 2.07. The van der Waals surface area contributed by atoms with Crippen LogP contribution in [0.15, 0.2) is 59.0 Å². The minimum Gasteiger partial charge on any atom is -0.423 e. The third-order valence-electron chi connectivity index (χ3n) is 4.15. The SMILES string of the molecule is CCN(CC)c1ccc(NCc2nnc(Cc3ccccc3)o2)cc1. The highest BCUT2D eigenvalue weighted by Crippen LogP contribution is 2.18. The fourth-order valence-electron chi connectivity index (χ4n) is 2.76. The zero-order valence-electron chi connectivity index (χ0n) is 14.8. The lowest BCUT2D eigenvalue weighted by atomic mass is 10.2. The Morgan fingerprint density at radius 3 is 2.24 bits per heavy atom. The molecule has 5 nitrogen and oxygen atoms in total. The molecule has 0 radical (unpaired) electrons. The molecule has 0 aliphatic rings. The van der Waals surface area contributed by atoms with Crippen LogP contribution < -0.4 is 10.2 Å². The van der Waals surface area contributed by atoms with Gasteiger partial charge in [-0.3, -0.25) is 0 Å². The van der Waals surface area contributed by atoms with Crippen molar-refractivity contribution in [2.45, 2.75) is 26.8 Å². The second kappa shape index (κ2) is 8.33. The Kier molecular flexibility index (Phi) is 5.67. The van der Waals surface area contributed by atoms with Crippen LogP contribution >= 0.6 is 0 Å². The van der Waals surface area contributed by atoms with E-state index in [2.05, 4.69) is 70.7 Å². The van der Waals surface area contributed by atoms with Gasteiger partial charge in [0.05, 0.1) is 13.0 Å². The first-order valence-electron chi connectivity index (χ1n) is 8.72. The molecule has 1 N–H and O–H groups in total. The summed E-state index contributed by atoms with van der Waals surface area (Å²) in [4.78, 5) is 2.32. The molecule has 0 spiro atoms. The summed E-state index contributed by atoms with van der Waals surface area (Å²) < 4.78 is 5.71. The van der Waals surface area contributed by atoms with Crippen LogP contribution in [-0.2, 0) is 13.0 Å². The van der Waals surface area contributed by atoms with Crippen LogP contribution in [0.5, 0.6) is 0 Å². The van der Waals surface area contributed by atoms with Crippen molar-refractivity contribution >= 4 is 11.4 Å². The van der Waals surface area contributed by atoms with E-state index in [0.29, 0.717) is 24.7 Å². The standard InChI is InChI=1S/C20H24N4O/c1-3-24(4-2)18-12-10-17(11-13-18)21-15-20-23-22-19(25-20)14-16-8-6-5-7-9-16/h5-13,21H,3-4,14-15H2,1-2H3. The molecule has 0 unspecified atom stereocenters. The number of nitrogens with zero attached hydrogens (tertiary/aromatic N) is 3. The van der Waals surface area contributed by atoms with Gasteiger partial charge in [0, 0.05) is 24.5 Å². The zero-order valence-corrected chi connectivity index (χ0v) is 14.8. The molecule has 1 heterocycles. The Hall–Kier alpha value is -2.82. The zero-order chi connectivity index (χ0) is 17.5. The van der Waals surface area contributed by atoms with Crippen molar-refractivity contribution in [3.63, 3.8) is 0 Å². The Balaban J connectivity index is 1.55. The van der Waals surface area contributed by atoms with Crippen molar-refractivity contribution in [2.75, 3.05) is 23.3 Å². The predicted molar refractivity (Wildman–Crippen MR) is 101 cm³/mol. The molecule has 0 atom stereocenters. The summed E-state index contributed by atoms with van der Waals surface area (Å²) in [5, 5.41) is 11.6. The van der Waals surface area contributed by atoms with Crippen molar-refractivity contribution in [3.8, 4) is 0 Å². The van der Waals surface area contributed by atoms with Gasteiger partial charge in [0.25, 0.3) is 0 Å². The van der Waals surface area contributed by atoms with Gasteiger partial charge < -0.3 is 14.6 Å². The molecular weight excluding hydrogens is 312 g/mol. The number of benzene rings is 2. The molecule has 2 aromatic carbocycles. The minimum absolute atomic E-state index is 0.520. The third-order valence-corrected chi connectivity index (χ3v) is 4.15. The van der Waals surface area contributed by atoms with Crippen LogP contribution in [0.2, 0.25) is 0 Å². The third kappa shape index (κ3) is 4.59. The average molecular weight is 336 g/mol. The molecule has 0 fully saturated rings. The molecule has 3 aromatic rings. The van der Waals surface area contributed by atoms with E-state index in [1.165, 1.54) is 5.69 Å².